The molecule has 0 saturated carbocycles. The van der Waals surface area contributed by atoms with Crippen molar-refractivity contribution in [3.63, 3.8) is 0 Å². The van der Waals surface area contributed by atoms with E-state index in [1.165, 1.54) is 0 Å². The molecule has 0 aromatic heterocycles. The highest BCUT2D eigenvalue weighted by Crippen LogP contribution is 2.10. The first-order valence-corrected chi connectivity index (χ1v) is 6.45. The van der Waals surface area contributed by atoms with Gasteiger partial charge in [0.05, 0.1) is 5.56 Å². The Kier molecular flexibility index (Phi) is 4.69. The van der Waals surface area contributed by atoms with Crippen molar-refractivity contribution in [3.8, 4) is 11.8 Å². The fourth-order valence-corrected chi connectivity index (χ4v) is 1.99. The number of nitrogens with one attached hydrogen (secondary N) is 2. The number of carbonyl (C=O) groups is 3. The maximum Gasteiger partial charge on any atom is 0.253 e. The summed E-state index contributed by atoms with van der Waals surface area (Å²) in [5.41, 5.74) is 0.791. The largest absolute Gasteiger partial charge is 0.384 e. The third-order valence-corrected chi connectivity index (χ3v) is 3.02. The molecule has 3 N–H and O–H groups in total. The molecule has 1 aliphatic heterocycles. The number of aliphatic hydroxyl groups excluding tert-OH is 1. The van der Waals surface area contributed by atoms with Crippen LogP contribution in [0.2, 0.25) is 0 Å². The zero-order valence-electron chi connectivity index (χ0n) is 11.2. The SMILES string of the molecule is O=C1CCC(NC(=O)c2ccccc2C#CCO)C(=O)N1. The van der Waals surface area contributed by atoms with Crippen LogP contribution in [0.25, 0.3) is 0 Å². The van der Waals surface area contributed by atoms with Gasteiger partial charge in [0.1, 0.15) is 12.6 Å². The molecule has 1 saturated heterocycles. The molecule has 1 aliphatic rings. The van der Waals surface area contributed by atoms with E-state index in [4.69, 9.17) is 5.11 Å². The van der Waals surface area contributed by atoms with Crippen molar-refractivity contribution in [2.45, 2.75) is 18.9 Å². The van der Waals surface area contributed by atoms with E-state index in [1.54, 1.807) is 24.3 Å². The summed E-state index contributed by atoms with van der Waals surface area (Å²) >= 11 is 0. The molecule has 1 heterocycles. The van der Waals surface area contributed by atoms with Gasteiger partial charge >= 0.3 is 0 Å². The average Bonchev–Trinajstić information content (AvgIpc) is 2.48. The molecule has 3 amide bonds. The number of hydrogen-bond donors (Lipinski definition) is 3. The second kappa shape index (κ2) is 6.68. The maximum atomic E-state index is 12.2. The Hall–Kier alpha value is -2.65. The van der Waals surface area contributed by atoms with Gasteiger partial charge in [-0.05, 0) is 18.6 Å². The first-order valence-electron chi connectivity index (χ1n) is 6.45. The van der Waals surface area contributed by atoms with Crippen LogP contribution in [0, 0.1) is 11.8 Å². The smallest absolute Gasteiger partial charge is 0.253 e. The van der Waals surface area contributed by atoms with Gasteiger partial charge in [0.15, 0.2) is 0 Å². The molecule has 6 heteroatoms. The number of imide groups is 1. The first-order chi connectivity index (χ1) is 10.1. The van der Waals surface area contributed by atoms with Gasteiger partial charge in [0.2, 0.25) is 11.8 Å². The van der Waals surface area contributed by atoms with Crippen LogP contribution in [-0.2, 0) is 9.59 Å². The van der Waals surface area contributed by atoms with Gasteiger partial charge in [0.25, 0.3) is 5.91 Å². The third kappa shape index (κ3) is 3.68. The van der Waals surface area contributed by atoms with Gasteiger partial charge < -0.3 is 10.4 Å². The molecule has 0 aliphatic carbocycles. The van der Waals surface area contributed by atoms with E-state index in [-0.39, 0.29) is 25.4 Å². The zero-order valence-corrected chi connectivity index (χ0v) is 11.2. The van der Waals surface area contributed by atoms with E-state index in [1.807, 2.05) is 0 Å². The lowest BCUT2D eigenvalue weighted by Crippen LogP contribution is -2.52. The maximum absolute atomic E-state index is 12.2. The normalized spacial score (nSPS) is 17.5. The number of piperidine rings is 1. The summed E-state index contributed by atoms with van der Waals surface area (Å²) in [6.07, 6.45) is 0.476. The van der Waals surface area contributed by atoms with E-state index in [0.29, 0.717) is 11.1 Å². The molecule has 1 aromatic rings. The number of rotatable bonds is 2. The Balaban J connectivity index is 2.14. The lowest BCUT2D eigenvalue weighted by Gasteiger charge is -2.22. The molecule has 21 heavy (non-hydrogen) atoms. The Morgan fingerprint density at radius 3 is 2.86 bits per heavy atom. The minimum atomic E-state index is -0.728. The summed E-state index contributed by atoms with van der Waals surface area (Å²) in [6, 6.07) is 5.92. The van der Waals surface area contributed by atoms with Crippen molar-refractivity contribution in [1.82, 2.24) is 10.6 Å². The predicted molar refractivity (Wildman–Crippen MR) is 74.0 cm³/mol. The van der Waals surface area contributed by atoms with Crippen molar-refractivity contribution in [2.24, 2.45) is 0 Å². The first kappa shape index (κ1) is 14.8. The second-order valence-electron chi connectivity index (χ2n) is 4.48. The number of amides is 3. The Morgan fingerprint density at radius 2 is 2.14 bits per heavy atom. The van der Waals surface area contributed by atoms with E-state index < -0.39 is 17.9 Å². The fraction of sp³-hybridized carbons (Fsp3) is 0.267. The number of carbonyl (C=O) groups excluding carboxylic acids is 3. The minimum absolute atomic E-state index is 0.197. The number of benzene rings is 1. The van der Waals surface area contributed by atoms with Crippen molar-refractivity contribution in [3.05, 3.63) is 35.4 Å². The molecular formula is C15H14N2O4. The molecule has 0 radical (unpaired) electrons. The van der Waals surface area contributed by atoms with Gasteiger partial charge in [-0.15, -0.1) is 0 Å². The van der Waals surface area contributed by atoms with Crippen molar-refractivity contribution >= 4 is 17.7 Å². The highest BCUT2D eigenvalue weighted by Gasteiger charge is 2.28. The summed E-state index contributed by atoms with van der Waals surface area (Å²) in [5.74, 6) is 3.89. The Bertz CT molecular complexity index is 643. The van der Waals surface area contributed by atoms with Crippen LogP contribution in [0.3, 0.4) is 0 Å². The van der Waals surface area contributed by atoms with Crippen LogP contribution in [0.1, 0.15) is 28.8 Å². The average molecular weight is 286 g/mol. The van der Waals surface area contributed by atoms with Crippen molar-refractivity contribution < 1.29 is 19.5 Å². The molecule has 1 fully saturated rings. The van der Waals surface area contributed by atoms with Crippen LogP contribution in [0.15, 0.2) is 24.3 Å². The van der Waals surface area contributed by atoms with Crippen LogP contribution in [0.4, 0.5) is 0 Å². The monoisotopic (exact) mass is 286 g/mol. The van der Waals surface area contributed by atoms with E-state index in [2.05, 4.69) is 22.5 Å². The van der Waals surface area contributed by atoms with E-state index in [0.717, 1.165) is 0 Å². The summed E-state index contributed by atoms with van der Waals surface area (Å²) in [4.78, 5) is 34.9. The van der Waals surface area contributed by atoms with Crippen LogP contribution < -0.4 is 10.6 Å². The van der Waals surface area contributed by atoms with Crippen molar-refractivity contribution in [1.29, 1.82) is 0 Å². The highest BCUT2D eigenvalue weighted by molar-refractivity contribution is 6.04. The lowest BCUT2D eigenvalue weighted by atomic mass is 10.0. The topological polar surface area (TPSA) is 95.5 Å². The van der Waals surface area contributed by atoms with Crippen LogP contribution >= 0.6 is 0 Å². The summed E-state index contributed by atoms with van der Waals surface area (Å²) in [7, 11) is 0. The van der Waals surface area contributed by atoms with E-state index in [9.17, 15) is 14.4 Å². The molecule has 1 unspecified atom stereocenters. The predicted octanol–water partition coefficient (Wildman–Crippen LogP) is -0.435. The van der Waals surface area contributed by atoms with Gasteiger partial charge in [-0.1, -0.05) is 24.0 Å². The van der Waals surface area contributed by atoms with Crippen LogP contribution in [0.5, 0.6) is 0 Å². The van der Waals surface area contributed by atoms with Crippen LogP contribution in [-0.4, -0.2) is 35.5 Å². The molecule has 0 spiro atoms. The summed E-state index contributed by atoms with van der Waals surface area (Å²) in [6.45, 7) is -0.302. The van der Waals surface area contributed by atoms with Gasteiger partial charge in [0, 0.05) is 12.0 Å². The van der Waals surface area contributed by atoms with Gasteiger partial charge in [-0.2, -0.15) is 0 Å². The summed E-state index contributed by atoms with van der Waals surface area (Å²) in [5, 5.41) is 13.5. The Morgan fingerprint density at radius 1 is 1.38 bits per heavy atom. The standard InChI is InChI=1S/C15H14N2O4/c18-9-3-5-10-4-1-2-6-11(10)14(20)16-12-7-8-13(19)17-15(12)21/h1-2,4,6,12,18H,7-9H2,(H,16,20)(H,17,19,21). The summed E-state index contributed by atoms with van der Waals surface area (Å²) < 4.78 is 0. The number of hydrogen-bond acceptors (Lipinski definition) is 4. The molecule has 6 nitrogen and oxygen atoms in total. The van der Waals surface area contributed by atoms with Crippen molar-refractivity contribution in [2.75, 3.05) is 6.61 Å². The highest BCUT2D eigenvalue weighted by atomic mass is 16.2. The molecule has 108 valence electrons. The third-order valence-electron chi connectivity index (χ3n) is 3.02. The quantitative estimate of drug-likeness (QED) is 0.507. The fourth-order valence-electron chi connectivity index (χ4n) is 1.99. The lowest BCUT2D eigenvalue weighted by molar-refractivity contribution is -0.134. The molecule has 1 aromatic carbocycles. The molecule has 1 atom stereocenters. The van der Waals surface area contributed by atoms with E-state index >= 15 is 0 Å². The number of aliphatic hydroxyl groups is 1. The van der Waals surface area contributed by atoms with Gasteiger partial charge in [-0.3, -0.25) is 19.7 Å². The zero-order chi connectivity index (χ0) is 15.2. The molecule has 2 rings (SSSR count). The minimum Gasteiger partial charge on any atom is -0.384 e. The second-order valence-corrected chi connectivity index (χ2v) is 4.48. The molecular weight excluding hydrogens is 272 g/mol. The van der Waals surface area contributed by atoms with Gasteiger partial charge in [-0.25, -0.2) is 0 Å². The molecule has 0 bridgehead atoms. The Labute approximate surface area is 121 Å².